The minimum absolute atomic E-state index is 0.187. The molecule has 14 heteroatoms. The van der Waals surface area contributed by atoms with Crippen LogP contribution in [0.3, 0.4) is 0 Å². The third kappa shape index (κ3) is 8.47. The molecule has 48 heavy (non-hydrogen) atoms. The van der Waals surface area contributed by atoms with E-state index >= 15 is 0 Å². The van der Waals surface area contributed by atoms with Crippen molar-refractivity contribution in [2.45, 2.75) is 117 Å². The molecular weight excluding hydrogens is 632 g/mol. The summed E-state index contributed by atoms with van der Waals surface area (Å²) < 4.78 is 22.7. The predicted molar refractivity (Wildman–Crippen MR) is 169 cm³/mol. The van der Waals surface area contributed by atoms with Crippen LogP contribution in [0.2, 0.25) is 0 Å². The number of carbonyl (C=O) groups excluding carboxylic acids is 5. The lowest BCUT2D eigenvalue weighted by Gasteiger charge is -2.44. The normalized spacial score (nSPS) is 35.2. The van der Waals surface area contributed by atoms with Crippen molar-refractivity contribution in [3.8, 4) is 0 Å². The SMILES string of the molecule is C=C(C(=O)O[C@H]1C(=C)[C@H](O)[C@H]2[C@@H](OC(=O)/C(C)=C\C)[C@@H](C)C[C@]2(O)C(=O)[C@](C)(O)/C=C/C(C)(C)[C@H](OC(C)=O)[C@@H]1OC(C)=O)[C@H](C)OO. The molecule has 0 aliphatic heterocycles. The Bertz CT molecular complexity index is 1370. The Morgan fingerprint density at radius 2 is 1.52 bits per heavy atom. The van der Waals surface area contributed by atoms with Crippen LogP contribution in [-0.4, -0.2) is 98.1 Å². The zero-order valence-corrected chi connectivity index (χ0v) is 28.8. The lowest BCUT2D eigenvalue weighted by molar-refractivity contribution is -0.264. The Labute approximate surface area is 279 Å². The second-order valence-electron chi connectivity index (χ2n) is 13.3. The van der Waals surface area contributed by atoms with E-state index in [1.165, 1.54) is 39.8 Å². The van der Waals surface area contributed by atoms with Crippen LogP contribution in [0, 0.1) is 17.3 Å². The Morgan fingerprint density at radius 1 is 0.958 bits per heavy atom. The highest BCUT2D eigenvalue weighted by Crippen LogP contribution is 2.49. The molecule has 0 radical (unpaired) electrons. The first-order valence-electron chi connectivity index (χ1n) is 15.4. The number of rotatable bonds is 8. The number of allylic oxidation sites excluding steroid dienone is 1. The van der Waals surface area contributed by atoms with Gasteiger partial charge >= 0.3 is 23.9 Å². The summed E-state index contributed by atoms with van der Waals surface area (Å²) >= 11 is 0. The largest absolute Gasteiger partial charge is 0.458 e. The molecule has 2 rings (SSSR count). The average Bonchev–Trinajstić information content (AvgIpc) is 3.26. The summed E-state index contributed by atoms with van der Waals surface area (Å²) in [6, 6.07) is 0. The molecule has 0 amide bonds. The zero-order valence-electron chi connectivity index (χ0n) is 28.8. The van der Waals surface area contributed by atoms with Gasteiger partial charge in [0.25, 0.3) is 0 Å². The van der Waals surface area contributed by atoms with Crippen LogP contribution in [0.5, 0.6) is 0 Å². The van der Waals surface area contributed by atoms with Gasteiger partial charge in [-0.25, -0.2) is 14.5 Å². The smallest absolute Gasteiger partial charge is 0.336 e. The lowest BCUT2D eigenvalue weighted by atomic mass is 9.71. The number of esters is 4. The molecule has 0 unspecified atom stereocenters. The maximum atomic E-state index is 14.1. The lowest BCUT2D eigenvalue weighted by Crippen LogP contribution is -2.60. The van der Waals surface area contributed by atoms with Gasteiger partial charge in [-0.05, 0) is 51.7 Å². The summed E-state index contributed by atoms with van der Waals surface area (Å²) in [6.07, 6.45) is -6.42. The molecule has 0 spiro atoms. The predicted octanol–water partition coefficient (Wildman–Crippen LogP) is 2.29. The molecule has 2 aliphatic rings. The van der Waals surface area contributed by atoms with Crippen molar-refractivity contribution in [3.05, 3.63) is 48.1 Å². The number of carbonyl (C=O) groups is 5. The third-order valence-corrected chi connectivity index (χ3v) is 8.94. The van der Waals surface area contributed by atoms with E-state index in [1.807, 2.05) is 0 Å². The molecule has 1 fully saturated rings. The number of Topliss-reactive ketones (excluding diaryl/α,β-unsaturated/α-hetero) is 1. The van der Waals surface area contributed by atoms with Crippen LogP contribution < -0.4 is 0 Å². The van der Waals surface area contributed by atoms with Crippen molar-refractivity contribution in [1.29, 1.82) is 0 Å². The van der Waals surface area contributed by atoms with Gasteiger partial charge in [-0.3, -0.25) is 19.6 Å². The second kappa shape index (κ2) is 15.2. The fraction of sp³-hybridized carbons (Fsp3) is 0.618. The quantitative estimate of drug-likeness (QED) is 0.0724. The van der Waals surface area contributed by atoms with Gasteiger partial charge in [0.2, 0.25) is 0 Å². The number of aliphatic hydroxyl groups is 3. The highest BCUT2D eigenvalue weighted by atomic mass is 17.1. The second-order valence-corrected chi connectivity index (χ2v) is 13.3. The molecule has 14 nitrogen and oxygen atoms in total. The Morgan fingerprint density at radius 3 is 2.02 bits per heavy atom. The summed E-state index contributed by atoms with van der Waals surface area (Å²) in [4.78, 5) is 69.6. The standard InChI is InChI=1S/C34H48O14/c1-12-16(2)29(38)46-25-17(3)15-34(42)23(25)24(37)19(5)26(47-30(39)18(4)20(6)48-43)27(44-21(7)35)28(45-22(8)36)32(9,10)13-14-33(11,41)31(34)40/h12-14,17,20,23-28,37,41-43H,4-5,15H2,1-3,6-11H3/b14-13+,16-12-/t17-,20-,23-,24-,25-,26-,27+,28+,33+,34+/m0/s1. The molecule has 0 aromatic rings. The minimum Gasteiger partial charge on any atom is -0.458 e. The fourth-order valence-corrected chi connectivity index (χ4v) is 6.03. The summed E-state index contributed by atoms with van der Waals surface area (Å²) in [5.41, 5.74) is -7.07. The Balaban J connectivity index is 3.01. The number of fused-ring (bicyclic) bond motifs is 1. The van der Waals surface area contributed by atoms with Gasteiger partial charge in [0.15, 0.2) is 24.1 Å². The van der Waals surface area contributed by atoms with Crippen molar-refractivity contribution in [2.24, 2.45) is 17.3 Å². The van der Waals surface area contributed by atoms with E-state index in [0.29, 0.717) is 0 Å². The first kappa shape index (κ1) is 40.5. The van der Waals surface area contributed by atoms with Gasteiger partial charge in [0, 0.05) is 24.8 Å². The highest BCUT2D eigenvalue weighted by molar-refractivity contribution is 5.97. The van der Waals surface area contributed by atoms with Crippen LogP contribution in [0.4, 0.5) is 0 Å². The van der Waals surface area contributed by atoms with Gasteiger partial charge in [-0.2, -0.15) is 0 Å². The molecule has 0 bridgehead atoms. The van der Waals surface area contributed by atoms with Crippen molar-refractivity contribution < 1.29 is 68.4 Å². The van der Waals surface area contributed by atoms with Crippen LogP contribution in [0.25, 0.3) is 0 Å². The summed E-state index contributed by atoms with van der Waals surface area (Å²) in [7, 11) is 0. The highest BCUT2D eigenvalue weighted by Gasteiger charge is 2.64. The van der Waals surface area contributed by atoms with Gasteiger partial charge in [0.1, 0.15) is 23.4 Å². The summed E-state index contributed by atoms with van der Waals surface area (Å²) in [6.45, 7) is 19.6. The molecule has 2 aliphatic carbocycles. The number of ketones is 1. The maximum absolute atomic E-state index is 14.1. The molecule has 268 valence electrons. The van der Waals surface area contributed by atoms with Gasteiger partial charge in [-0.1, -0.05) is 46.1 Å². The zero-order chi connectivity index (χ0) is 37.1. The first-order valence-corrected chi connectivity index (χ1v) is 15.4. The summed E-state index contributed by atoms with van der Waals surface area (Å²) in [5, 5.41) is 44.8. The van der Waals surface area contributed by atoms with Crippen LogP contribution in [0.15, 0.2) is 48.1 Å². The first-order chi connectivity index (χ1) is 22.0. The molecule has 4 N–H and O–H groups in total. The molecule has 0 aromatic carbocycles. The molecule has 1 saturated carbocycles. The topological polar surface area (TPSA) is 212 Å². The Kier molecular flexibility index (Phi) is 12.9. The summed E-state index contributed by atoms with van der Waals surface area (Å²) in [5.74, 6) is -7.46. The van der Waals surface area contributed by atoms with Crippen molar-refractivity contribution >= 4 is 29.7 Å². The van der Waals surface area contributed by atoms with E-state index in [2.05, 4.69) is 18.0 Å². The number of hydrogen-bond acceptors (Lipinski definition) is 14. The van der Waals surface area contributed by atoms with E-state index in [4.69, 9.17) is 24.2 Å². The van der Waals surface area contributed by atoms with E-state index in [9.17, 15) is 39.3 Å². The molecule has 0 aromatic heterocycles. The van der Waals surface area contributed by atoms with E-state index in [1.54, 1.807) is 13.8 Å². The monoisotopic (exact) mass is 680 g/mol. The number of hydrogen-bond donors (Lipinski definition) is 4. The fourth-order valence-electron chi connectivity index (χ4n) is 6.03. The molecule has 10 atom stereocenters. The van der Waals surface area contributed by atoms with E-state index in [-0.39, 0.29) is 12.0 Å². The Hall–Kier alpha value is -3.69. The van der Waals surface area contributed by atoms with Gasteiger partial charge < -0.3 is 34.3 Å². The van der Waals surface area contributed by atoms with E-state index in [0.717, 1.165) is 26.8 Å². The molecule has 0 heterocycles. The van der Waals surface area contributed by atoms with Crippen LogP contribution >= 0.6 is 0 Å². The molecule has 0 saturated heterocycles. The number of ether oxygens (including phenoxy) is 4. The van der Waals surface area contributed by atoms with Gasteiger partial charge in [0.05, 0.1) is 17.6 Å². The minimum atomic E-state index is -2.56. The van der Waals surface area contributed by atoms with Crippen LogP contribution in [0.1, 0.15) is 68.7 Å². The average molecular weight is 681 g/mol. The third-order valence-electron chi connectivity index (χ3n) is 8.94. The molecular formula is C34H48O14. The van der Waals surface area contributed by atoms with Gasteiger partial charge in [-0.15, -0.1) is 0 Å². The maximum Gasteiger partial charge on any atom is 0.336 e. The van der Waals surface area contributed by atoms with E-state index < -0.39 is 106 Å². The van der Waals surface area contributed by atoms with Crippen LogP contribution in [-0.2, 0) is 47.8 Å². The van der Waals surface area contributed by atoms with Crippen molar-refractivity contribution in [1.82, 2.24) is 0 Å². The van der Waals surface area contributed by atoms with Crippen molar-refractivity contribution in [2.75, 3.05) is 0 Å². The van der Waals surface area contributed by atoms with Crippen molar-refractivity contribution in [3.63, 3.8) is 0 Å². The number of aliphatic hydroxyl groups excluding tert-OH is 1.